The summed E-state index contributed by atoms with van der Waals surface area (Å²) in [5.74, 6) is 1.29. The summed E-state index contributed by atoms with van der Waals surface area (Å²) in [4.78, 5) is 24.1. The van der Waals surface area contributed by atoms with Gasteiger partial charge in [0.2, 0.25) is 5.91 Å². The first kappa shape index (κ1) is 20.8. The molecule has 4 aromatic rings. The molecular weight excluding hydrogens is 422 g/mol. The highest BCUT2D eigenvalue weighted by atomic mass is 32.1. The van der Waals surface area contributed by atoms with Crippen LogP contribution in [-0.4, -0.2) is 35.1 Å². The van der Waals surface area contributed by atoms with Crippen LogP contribution in [0.15, 0.2) is 59.1 Å². The summed E-state index contributed by atoms with van der Waals surface area (Å²) in [6, 6.07) is 16.1. The molecule has 3 heterocycles. The largest absolute Gasteiger partial charge is 0.441 e. The number of ether oxygens (including phenoxy) is 1. The Morgan fingerprint density at radius 3 is 2.81 bits per heavy atom. The molecule has 32 heavy (non-hydrogen) atoms. The number of amides is 1. The molecule has 0 bridgehead atoms. The minimum Gasteiger partial charge on any atom is -0.441 e. The molecule has 2 aromatic carbocycles. The van der Waals surface area contributed by atoms with E-state index in [1.54, 1.807) is 22.4 Å². The molecule has 0 spiro atoms. The van der Waals surface area contributed by atoms with Crippen molar-refractivity contribution in [3.63, 3.8) is 0 Å². The first-order valence-corrected chi connectivity index (χ1v) is 11.8. The molecule has 1 fully saturated rings. The SMILES string of the molecule is Cc1ccc(-c2cnc(CCC(=O)N(CC3CCCO3)c3nc4ccccc4s3)o2)cc1. The van der Waals surface area contributed by atoms with Crippen LogP contribution < -0.4 is 4.90 Å². The van der Waals surface area contributed by atoms with Gasteiger partial charge in [-0.05, 0) is 31.9 Å². The Balaban J connectivity index is 1.30. The van der Waals surface area contributed by atoms with Crippen molar-refractivity contribution < 1.29 is 13.9 Å². The van der Waals surface area contributed by atoms with Crippen molar-refractivity contribution >= 4 is 32.6 Å². The molecular formula is C25H25N3O3S. The standard InChI is InChI=1S/C25H25N3O3S/c1-17-8-10-18(11-9-17)21-15-26-23(31-21)12-13-24(29)28(16-19-5-4-14-30-19)25-27-20-6-2-3-7-22(20)32-25/h2-3,6-11,15,19H,4-5,12-14,16H2,1H3. The molecule has 0 saturated carbocycles. The van der Waals surface area contributed by atoms with Crippen LogP contribution in [0.3, 0.4) is 0 Å². The number of anilines is 1. The van der Waals surface area contributed by atoms with Gasteiger partial charge in [0.05, 0.1) is 29.1 Å². The van der Waals surface area contributed by atoms with Crippen molar-refractivity contribution in [2.75, 3.05) is 18.1 Å². The van der Waals surface area contributed by atoms with Gasteiger partial charge < -0.3 is 9.15 Å². The molecule has 1 saturated heterocycles. The predicted octanol–water partition coefficient (Wildman–Crippen LogP) is 5.40. The zero-order valence-electron chi connectivity index (χ0n) is 18.0. The first-order chi connectivity index (χ1) is 15.7. The summed E-state index contributed by atoms with van der Waals surface area (Å²) < 4.78 is 12.8. The smallest absolute Gasteiger partial charge is 0.229 e. The van der Waals surface area contributed by atoms with Crippen LogP contribution in [0.5, 0.6) is 0 Å². The Labute approximate surface area is 190 Å². The lowest BCUT2D eigenvalue weighted by Crippen LogP contribution is -2.37. The van der Waals surface area contributed by atoms with Gasteiger partial charge in [0.25, 0.3) is 0 Å². The number of thiazole rings is 1. The van der Waals surface area contributed by atoms with Crippen LogP contribution in [0.2, 0.25) is 0 Å². The van der Waals surface area contributed by atoms with Crippen LogP contribution in [0.4, 0.5) is 5.13 Å². The lowest BCUT2D eigenvalue weighted by molar-refractivity contribution is -0.119. The van der Waals surface area contributed by atoms with E-state index in [-0.39, 0.29) is 12.0 Å². The van der Waals surface area contributed by atoms with Gasteiger partial charge in [0, 0.05) is 25.0 Å². The van der Waals surface area contributed by atoms with Crippen LogP contribution in [0, 0.1) is 6.92 Å². The van der Waals surface area contributed by atoms with Gasteiger partial charge in [0.15, 0.2) is 16.8 Å². The Morgan fingerprint density at radius 2 is 2.03 bits per heavy atom. The summed E-state index contributed by atoms with van der Waals surface area (Å²) >= 11 is 1.54. The third kappa shape index (κ3) is 4.59. The van der Waals surface area contributed by atoms with Crippen LogP contribution >= 0.6 is 11.3 Å². The second-order valence-corrected chi connectivity index (χ2v) is 9.10. The number of aryl methyl sites for hydroxylation is 2. The molecule has 164 valence electrons. The highest BCUT2D eigenvalue weighted by Crippen LogP contribution is 2.30. The average molecular weight is 448 g/mol. The third-order valence-electron chi connectivity index (χ3n) is 5.67. The first-order valence-electron chi connectivity index (χ1n) is 10.9. The number of para-hydroxylation sites is 1. The van der Waals surface area contributed by atoms with E-state index >= 15 is 0 Å². The lowest BCUT2D eigenvalue weighted by Gasteiger charge is -2.22. The van der Waals surface area contributed by atoms with Crippen molar-refractivity contribution in [3.05, 3.63) is 66.2 Å². The molecule has 7 heteroatoms. The summed E-state index contributed by atoms with van der Waals surface area (Å²) in [5, 5.41) is 0.722. The Bertz CT molecular complexity index is 1180. The van der Waals surface area contributed by atoms with Crippen molar-refractivity contribution in [1.29, 1.82) is 0 Å². The van der Waals surface area contributed by atoms with Crippen LogP contribution in [0.1, 0.15) is 30.7 Å². The number of nitrogens with zero attached hydrogens (tertiary/aromatic N) is 3. The summed E-state index contributed by atoms with van der Waals surface area (Å²) in [6.07, 6.45) is 4.52. The van der Waals surface area contributed by atoms with Crippen LogP contribution in [0.25, 0.3) is 21.5 Å². The number of benzene rings is 2. The minimum atomic E-state index is 0.00893. The molecule has 0 N–H and O–H groups in total. The molecule has 5 rings (SSSR count). The second-order valence-electron chi connectivity index (χ2n) is 8.09. The van der Waals surface area contributed by atoms with E-state index in [0.29, 0.717) is 25.3 Å². The quantitative estimate of drug-likeness (QED) is 0.379. The van der Waals surface area contributed by atoms with Gasteiger partial charge >= 0.3 is 0 Å². The van der Waals surface area contributed by atoms with E-state index in [1.807, 2.05) is 48.5 Å². The highest BCUT2D eigenvalue weighted by Gasteiger charge is 2.26. The number of hydrogen-bond acceptors (Lipinski definition) is 6. The number of rotatable bonds is 7. The maximum atomic E-state index is 13.3. The van der Waals surface area contributed by atoms with Crippen molar-refractivity contribution in [2.24, 2.45) is 0 Å². The molecule has 0 radical (unpaired) electrons. The Morgan fingerprint density at radius 1 is 1.19 bits per heavy atom. The van der Waals surface area contributed by atoms with Crippen molar-refractivity contribution in [2.45, 2.75) is 38.7 Å². The Kier molecular flexibility index (Phi) is 6.01. The number of aromatic nitrogens is 2. The zero-order chi connectivity index (χ0) is 21.9. The number of carbonyl (C=O) groups excluding carboxylic acids is 1. The fourth-order valence-electron chi connectivity index (χ4n) is 3.88. The normalized spacial score (nSPS) is 16.0. The number of hydrogen-bond donors (Lipinski definition) is 0. The highest BCUT2D eigenvalue weighted by molar-refractivity contribution is 7.22. The topological polar surface area (TPSA) is 68.5 Å². The van der Waals surface area contributed by atoms with Gasteiger partial charge in [-0.25, -0.2) is 9.97 Å². The van der Waals surface area contributed by atoms with Gasteiger partial charge in [-0.2, -0.15) is 0 Å². The molecule has 1 amide bonds. The minimum absolute atomic E-state index is 0.00893. The molecule has 1 aliphatic rings. The monoisotopic (exact) mass is 447 g/mol. The second kappa shape index (κ2) is 9.22. The van der Waals surface area contributed by atoms with Gasteiger partial charge in [0.1, 0.15) is 0 Å². The van der Waals surface area contributed by atoms with E-state index in [4.69, 9.17) is 14.1 Å². The van der Waals surface area contributed by atoms with Crippen LogP contribution in [-0.2, 0) is 16.0 Å². The lowest BCUT2D eigenvalue weighted by atomic mass is 10.1. The maximum absolute atomic E-state index is 13.3. The van der Waals surface area contributed by atoms with Crippen molar-refractivity contribution in [3.8, 4) is 11.3 Å². The van der Waals surface area contributed by atoms with Crippen molar-refractivity contribution in [1.82, 2.24) is 9.97 Å². The van der Waals surface area contributed by atoms with E-state index in [9.17, 15) is 4.79 Å². The molecule has 1 atom stereocenters. The van der Waals surface area contributed by atoms with Gasteiger partial charge in [-0.15, -0.1) is 0 Å². The van der Waals surface area contributed by atoms with E-state index < -0.39 is 0 Å². The summed E-state index contributed by atoms with van der Waals surface area (Å²) in [7, 11) is 0. The van der Waals surface area contributed by atoms with E-state index in [1.165, 1.54) is 5.56 Å². The molecule has 2 aromatic heterocycles. The molecule has 1 unspecified atom stereocenters. The van der Waals surface area contributed by atoms with E-state index in [2.05, 4.69) is 11.9 Å². The maximum Gasteiger partial charge on any atom is 0.229 e. The van der Waals surface area contributed by atoms with Gasteiger partial charge in [-0.3, -0.25) is 9.69 Å². The third-order valence-corrected chi connectivity index (χ3v) is 6.73. The number of carbonyl (C=O) groups is 1. The fraction of sp³-hybridized carbons (Fsp3) is 0.320. The number of fused-ring (bicyclic) bond motifs is 1. The zero-order valence-corrected chi connectivity index (χ0v) is 18.8. The fourth-order valence-corrected chi connectivity index (χ4v) is 4.87. The summed E-state index contributed by atoms with van der Waals surface area (Å²) in [5.41, 5.74) is 3.09. The predicted molar refractivity (Wildman–Crippen MR) is 126 cm³/mol. The average Bonchev–Trinajstić information content (AvgIpc) is 3.57. The summed E-state index contributed by atoms with van der Waals surface area (Å²) in [6.45, 7) is 3.33. The number of oxazole rings is 1. The molecule has 1 aliphatic heterocycles. The molecule has 6 nitrogen and oxygen atoms in total. The Hall–Kier alpha value is -3.03. The van der Waals surface area contributed by atoms with Gasteiger partial charge in [-0.1, -0.05) is 53.3 Å². The van der Waals surface area contributed by atoms with E-state index in [0.717, 1.165) is 46.1 Å². The molecule has 0 aliphatic carbocycles.